The molecule has 6 nitrogen and oxygen atoms in total. The highest BCUT2D eigenvalue weighted by molar-refractivity contribution is 14.0. The molecule has 1 aromatic heterocycles. The average molecular weight is 481 g/mol. The number of aliphatic imine (C=N–C) groups is 1. The van der Waals surface area contributed by atoms with E-state index in [2.05, 4.69) is 32.0 Å². The van der Waals surface area contributed by atoms with E-state index in [4.69, 9.17) is 0 Å². The normalized spacial score (nSPS) is 10.7. The van der Waals surface area contributed by atoms with Crippen LogP contribution >= 0.6 is 24.0 Å². The van der Waals surface area contributed by atoms with Crippen LogP contribution in [-0.4, -0.2) is 43.5 Å². The Morgan fingerprint density at radius 3 is 2.63 bits per heavy atom. The largest absolute Gasteiger partial charge is 0.357 e. The molecule has 0 unspecified atom stereocenters. The summed E-state index contributed by atoms with van der Waals surface area (Å²) in [6, 6.07) is 11.7. The SMILES string of the molecule is CCNC(=NCCc1cccc(C(=O)NC)c1)NCCc1cccnc1.I. The Morgan fingerprint density at radius 2 is 1.93 bits per heavy atom. The van der Waals surface area contributed by atoms with Crippen molar-refractivity contribution < 1.29 is 4.79 Å². The van der Waals surface area contributed by atoms with Gasteiger partial charge in [-0.3, -0.25) is 14.8 Å². The first-order chi connectivity index (χ1) is 12.7. The first-order valence-electron chi connectivity index (χ1n) is 8.95. The summed E-state index contributed by atoms with van der Waals surface area (Å²) in [4.78, 5) is 20.4. The lowest BCUT2D eigenvalue weighted by atomic mass is 10.1. The number of nitrogens with zero attached hydrogens (tertiary/aromatic N) is 2. The maximum atomic E-state index is 11.7. The first kappa shape index (κ1) is 22.9. The Balaban J connectivity index is 0.00000364. The molecule has 0 radical (unpaired) electrons. The summed E-state index contributed by atoms with van der Waals surface area (Å²) in [5.41, 5.74) is 2.97. The molecule has 2 rings (SSSR count). The number of benzene rings is 1. The smallest absolute Gasteiger partial charge is 0.251 e. The second kappa shape index (κ2) is 13.1. The minimum absolute atomic E-state index is 0. The lowest BCUT2D eigenvalue weighted by Crippen LogP contribution is -2.38. The monoisotopic (exact) mass is 481 g/mol. The number of hydrogen-bond donors (Lipinski definition) is 3. The summed E-state index contributed by atoms with van der Waals surface area (Å²) in [7, 11) is 1.64. The van der Waals surface area contributed by atoms with Crippen LogP contribution in [0.1, 0.15) is 28.4 Å². The fourth-order valence-corrected chi connectivity index (χ4v) is 2.52. The summed E-state index contributed by atoms with van der Waals surface area (Å²) in [5.74, 6) is 0.736. The minimum atomic E-state index is -0.0687. The Kier molecular flexibility index (Phi) is 11.1. The van der Waals surface area contributed by atoms with Crippen LogP contribution in [0.2, 0.25) is 0 Å². The number of pyridine rings is 1. The molecule has 0 aliphatic rings. The number of nitrogens with one attached hydrogen (secondary N) is 3. The molecule has 0 saturated heterocycles. The van der Waals surface area contributed by atoms with E-state index >= 15 is 0 Å². The van der Waals surface area contributed by atoms with E-state index in [1.54, 1.807) is 13.2 Å². The molecule has 1 aromatic carbocycles. The molecule has 1 amide bonds. The quantitative estimate of drug-likeness (QED) is 0.308. The maximum Gasteiger partial charge on any atom is 0.251 e. The molecule has 1 heterocycles. The molecule has 7 heteroatoms. The average Bonchev–Trinajstić information content (AvgIpc) is 2.68. The Labute approximate surface area is 178 Å². The Morgan fingerprint density at radius 1 is 1.11 bits per heavy atom. The van der Waals surface area contributed by atoms with Crippen molar-refractivity contribution in [1.82, 2.24) is 20.9 Å². The van der Waals surface area contributed by atoms with E-state index in [0.29, 0.717) is 12.1 Å². The molecule has 0 aliphatic heterocycles. The highest BCUT2D eigenvalue weighted by atomic mass is 127. The van der Waals surface area contributed by atoms with Crippen molar-refractivity contribution in [1.29, 1.82) is 0 Å². The number of amides is 1. The van der Waals surface area contributed by atoms with E-state index in [9.17, 15) is 4.79 Å². The lowest BCUT2D eigenvalue weighted by Gasteiger charge is -2.11. The summed E-state index contributed by atoms with van der Waals surface area (Å²) >= 11 is 0. The topological polar surface area (TPSA) is 78.4 Å². The van der Waals surface area contributed by atoms with Crippen LogP contribution in [0.25, 0.3) is 0 Å². The van der Waals surface area contributed by atoms with Crippen LogP contribution in [0, 0.1) is 0 Å². The van der Waals surface area contributed by atoms with Crippen molar-refractivity contribution in [3.8, 4) is 0 Å². The van der Waals surface area contributed by atoms with Crippen LogP contribution in [0.4, 0.5) is 0 Å². The molecule has 0 atom stereocenters. The van der Waals surface area contributed by atoms with Gasteiger partial charge in [0, 0.05) is 44.6 Å². The number of halogens is 1. The second-order valence-electron chi connectivity index (χ2n) is 5.83. The van der Waals surface area contributed by atoms with E-state index in [0.717, 1.165) is 37.5 Å². The van der Waals surface area contributed by atoms with Gasteiger partial charge in [-0.25, -0.2) is 0 Å². The van der Waals surface area contributed by atoms with Crippen LogP contribution in [0.5, 0.6) is 0 Å². The van der Waals surface area contributed by atoms with Gasteiger partial charge >= 0.3 is 0 Å². The van der Waals surface area contributed by atoms with Gasteiger partial charge in [0.15, 0.2) is 5.96 Å². The predicted octanol–water partition coefficient (Wildman–Crippen LogP) is 2.40. The van der Waals surface area contributed by atoms with Gasteiger partial charge in [-0.1, -0.05) is 18.2 Å². The van der Waals surface area contributed by atoms with Gasteiger partial charge in [0.2, 0.25) is 0 Å². The molecule has 27 heavy (non-hydrogen) atoms. The van der Waals surface area contributed by atoms with Gasteiger partial charge in [0.05, 0.1) is 0 Å². The third kappa shape index (κ3) is 8.38. The molecule has 0 saturated carbocycles. The molecule has 0 spiro atoms. The van der Waals surface area contributed by atoms with Gasteiger partial charge in [-0.15, -0.1) is 24.0 Å². The zero-order valence-corrected chi connectivity index (χ0v) is 18.2. The summed E-state index contributed by atoms with van der Waals surface area (Å²) in [5, 5.41) is 9.24. The summed E-state index contributed by atoms with van der Waals surface area (Å²) in [6.45, 7) is 4.30. The van der Waals surface area contributed by atoms with Crippen molar-refractivity contribution in [2.45, 2.75) is 19.8 Å². The Bertz CT molecular complexity index is 721. The second-order valence-corrected chi connectivity index (χ2v) is 5.83. The van der Waals surface area contributed by atoms with Crippen LogP contribution in [0.3, 0.4) is 0 Å². The summed E-state index contributed by atoms with van der Waals surface area (Å²) in [6.07, 6.45) is 5.34. The number of rotatable bonds is 8. The number of carbonyl (C=O) groups is 1. The molecule has 0 aliphatic carbocycles. The van der Waals surface area contributed by atoms with E-state index < -0.39 is 0 Å². The number of hydrogen-bond acceptors (Lipinski definition) is 3. The molecular weight excluding hydrogens is 453 g/mol. The number of aromatic nitrogens is 1. The zero-order chi connectivity index (χ0) is 18.6. The molecule has 0 bridgehead atoms. The molecular formula is C20H28IN5O. The lowest BCUT2D eigenvalue weighted by molar-refractivity contribution is 0.0963. The minimum Gasteiger partial charge on any atom is -0.357 e. The molecule has 2 aromatic rings. The number of guanidine groups is 1. The standard InChI is InChI=1S/C20H27N5O.HI/c1-3-23-20(25-13-10-17-7-5-11-22-15-17)24-12-9-16-6-4-8-18(14-16)19(26)21-2;/h4-8,11,14-15H,3,9-10,12-13H2,1-2H3,(H,21,26)(H2,23,24,25);1H. The van der Waals surface area contributed by atoms with Crippen molar-refractivity contribution >= 4 is 35.8 Å². The van der Waals surface area contributed by atoms with Gasteiger partial charge < -0.3 is 16.0 Å². The third-order valence-electron chi connectivity index (χ3n) is 3.86. The van der Waals surface area contributed by atoms with E-state index in [-0.39, 0.29) is 29.9 Å². The van der Waals surface area contributed by atoms with Gasteiger partial charge in [-0.2, -0.15) is 0 Å². The Hall–Kier alpha value is -2.16. The molecule has 3 N–H and O–H groups in total. The summed E-state index contributed by atoms with van der Waals surface area (Å²) < 4.78 is 0. The van der Waals surface area contributed by atoms with Gasteiger partial charge in [0.1, 0.15) is 0 Å². The van der Waals surface area contributed by atoms with Crippen molar-refractivity contribution in [3.63, 3.8) is 0 Å². The third-order valence-corrected chi connectivity index (χ3v) is 3.86. The zero-order valence-electron chi connectivity index (χ0n) is 15.9. The van der Waals surface area contributed by atoms with Crippen LogP contribution in [0.15, 0.2) is 53.8 Å². The van der Waals surface area contributed by atoms with E-state index in [1.807, 2.05) is 43.5 Å². The molecule has 0 fully saturated rings. The van der Waals surface area contributed by atoms with Crippen LogP contribution in [-0.2, 0) is 12.8 Å². The van der Waals surface area contributed by atoms with Crippen molar-refractivity contribution in [2.75, 3.05) is 26.7 Å². The van der Waals surface area contributed by atoms with Crippen molar-refractivity contribution in [3.05, 3.63) is 65.5 Å². The highest BCUT2D eigenvalue weighted by Gasteiger charge is 2.03. The fraction of sp³-hybridized carbons (Fsp3) is 0.350. The van der Waals surface area contributed by atoms with Gasteiger partial charge in [0.25, 0.3) is 5.91 Å². The molecule has 146 valence electrons. The fourth-order valence-electron chi connectivity index (χ4n) is 2.52. The first-order valence-corrected chi connectivity index (χ1v) is 8.95. The van der Waals surface area contributed by atoms with Crippen molar-refractivity contribution in [2.24, 2.45) is 4.99 Å². The number of carbonyl (C=O) groups excluding carboxylic acids is 1. The maximum absolute atomic E-state index is 11.7. The van der Waals surface area contributed by atoms with Gasteiger partial charge in [-0.05, 0) is 49.1 Å². The highest BCUT2D eigenvalue weighted by Crippen LogP contribution is 2.06. The van der Waals surface area contributed by atoms with E-state index in [1.165, 1.54) is 5.56 Å². The predicted molar refractivity (Wildman–Crippen MR) is 121 cm³/mol. The van der Waals surface area contributed by atoms with Crippen LogP contribution < -0.4 is 16.0 Å².